The fourth-order valence-corrected chi connectivity index (χ4v) is 5.47. The molecule has 1 N–H and O–H groups in total. The Kier molecular flexibility index (Phi) is 7.34. The van der Waals surface area contributed by atoms with Crippen LogP contribution in [0.4, 0.5) is 5.69 Å². The van der Waals surface area contributed by atoms with Crippen molar-refractivity contribution in [3.8, 4) is 0 Å². The lowest BCUT2D eigenvalue weighted by atomic mass is 10.0. The first kappa shape index (κ1) is 23.2. The van der Waals surface area contributed by atoms with Crippen LogP contribution >= 0.6 is 11.3 Å². The number of ether oxygens (including phenoxy) is 1. The third-order valence-corrected chi connectivity index (χ3v) is 7.52. The maximum atomic E-state index is 12.3. The number of aryl methyl sites for hydroxylation is 1. The molecular weight excluding hydrogens is 438 g/mol. The summed E-state index contributed by atoms with van der Waals surface area (Å²) in [4.78, 5) is 17.1. The zero-order valence-electron chi connectivity index (χ0n) is 17.9. The number of aromatic carboxylic acids is 1. The second-order valence-electron chi connectivity index (χ2n) is 7.42. The molecule has 1 aliphatic rings. The van der Waals surface area contributed by atoms with Gasteiger partial charge in [-0.1, -0.05) is 19.1 Å². The highest BCUT2D eigenvalue weighted by Crippen LogP contribution is 2.38. The van der Waals surface area contributed by atoms with Gasteiger partial charge in [-0.05, 0) is 29.7 Å². The van der Waals surface area contributed by atoms with Gasteiger partial charge >= 0.3 is 5.97 Å². The molecule has 2 aromatic rings. The van der Waals surface area contributed by atoms with Crippen LogP contribution in [0.1, 0.15) is 32.6 Å². The zero-order valence-corrected chi connectivity index (χ0v) is 19.5. The van der Waals surface area contributed by atoms with Crippen molar-refractivity contribution in [2.45, 2.75) is 24.7 Å². The molecule has 31 heavy (non-hydrogen) atoms. The van der Waals surface area contributed by atoms with Crippen LogP contribution in [0.5, 0.6) is 0 Å². The number of anilines is 1. The average Bonchev–Trinajstić information content (AvgIpc) is 3.12. The first-order valence-electron chi connectivity index (χ1n) is 9.99. The number of hydrogen-bond acceptors (Lipinski definition) is 6. The third-order valence-electron chi connectivity index (χ3n) is 4.92. The molecule has 0 amide bonds. The summed E-state index contributed by atoms with van der Waals surface area (Å²) in [6, 6.07) is 6.61. The minimum atomic E-state index is -3.76. The predicted molar refractivity (Wildman–Crippen MR) is 122 cm³/mol. The van der Waals surface area contributed by atoms with Crippen molar-refractivity contribution in [3.05, 3.63) is 45.1 Å². The largest absolute Gasteiger partial charge is 0.477 e. The number of hydrogen-bond donors (Lipinski definition) is 1. The molecule has 3 rings (SSSR count). The Hall–Kier alpha value is -2.43. The van der Waals surface area contributed by atoms with Gasteiger partial charge in [0.05, 0.1) is 23.8 Å². The molecular formula is C21H27N3O5S2. The van der Waals surface area contributed by atoms with Gasteiger partial charge in [0.2, 0.25) is 0 Å². The Labute approximate surface area is 186 Å². The molecule has 0 saturated carbocycles. The first-order chi connectivity index (χ1) is 14.7. The fraction of sp³-hybridized carbons (Fsp3) is 0.429. The van der Waals surface area contributed by atoms with Crippen LogP contribution < -0.4 is 4.90 Å². The van der Waals surface area contributed by atoms with Crippen molar-refractivity contribution in [1.82, 2.24) is 4.90 Å². The van der Waals surface area contributed by atoms with Gasteiger partial charge in [-0.2, -0.15) is 8.42 Å². The van der Waals surface area contributed by atoms with E-state index in [0.717, 1.165) is 28.1 Å². The van der Waals surface area contributed by atoms with Crippen LogP contribution in [0.15, 0.2) is 33.6 Å². The Morgan fingerprint density at radius 1 is 1.26 bits per heavy atom. The number of morpholine rings is 1. The van der Waals surface area contributed by atoms with Crippen LogP contribution in [0.2, 0.25) is 0 Å². The Balaban J connectivity index is 1.94. The third kappa shape index (κ3) is 5.44. The van der Waals surface area contributed by atoms with Crippen molar-refractivity contribution in [2.24, 2.45) is 4.40 Å². The molecule has 0 atom stereocenters. The minimum Gasteiger partial charge on any atom is -0.477 e. The molecule has 0 radical (unpaired) electrons. The van der Waals surface area contributed by atoms with E-state index in [1.807, 2.05) is 6.92 Å². The van der Waals surface area contributed by atoms with Crippen LogP contribution in [0.25, 0.3) is 0 Å². The second kappa shape index (κ2) is 9.80. The van der Waals surface area contributed by atoms with E-state index in [-0.39, 0.29) is 4.90 Å². The lowest BCUT2D eigenvalue weighted by Crippen LogP contribution is -2.37. The Morgan fingerprint density at radius 3 is 2.45 bits per heavy atom. The molecule has 168 valence electrons. The Morgan fingerprint density at radius 2 is 1.90 bits per heavy atom. The van der Waals surface area contributed by atoms with Gasteiger partial charge in [0.25, 0.3) is 10.0 Å². The van der Waals surface area contributed by atoms with E-state index < -0.39 is 16.0 Å². The molecule has 1 fully saturated rings. The number of carboxylic acids is 1. The minimum absolute atomic E-state index is 0.120. The molecule has 1 aromatic heterocycles. The summed E-state index contributed by atoms with van der Waals surface area (Å²) in [5, 5.41) is 9.78. The summed E-state index contributed by atoms with van der Waals surface area (Å²) in [5.74, 6) is -0.923. The molecule has 8 nitrogen and oxygen atoms in total. The van der Waals surface area contributed by atoms with Gasteiger partial charge < -0.3 is 19.6 Å². The van der Waals surface area contributed by atoms with Gasteiger partial charge in [0.15, 0.2) is 0 Å². The van der Waals surface area contributed by atoms with E-state index in [1.54, 1.807) is 43.3 Å². The number of carboxylic acid groups (broad SMARTS) is 1. The molecule has 10 heteroatoms. The lowest BCUT2D eigenvalue weighted by molar-refractivity contribution is 0.0701. The summed E-state index contributed by atoms with van der Waals surface area (Å²) in [6.07, 6.45) is 2.52. The second-order valence-corrected chi connectivity index (χ2v) is 10.2. The van der Waals surface area contributed by atoms with E-state index in [4.69, 9.17) is 4.74 Å². The number of benzene rings is 1. The first-order valence-corrected chi connectivity index (χ1v) is 12.2. The van der Waals surface area contributed by atoms with E-state index >= 15 is 0 Å². The van der Waals surface area contributed by atoms with Crippen molar-refractivity contribution in [3.63, 3.8) is 0 Å². The van der Waals surface area contributed by atoms with Crippen LogP contribution in [0.3, 0.4) is 0 Å². The molecule has 1 saturated heterocycles. The molecule has 0 unspecified atom stereocenters. The maximum Gasteiger partial charge on any atom is 0.348 e. The maximum absolute atomic E-state index is 12.3. The fourth-order valence-electron chi connectivity index (χ4n) is 3.44. The van der Waals surface area contributed by atoms with Crippen molar-refractivity contribution >= 4 is 39.4 Å². The van der Waals surface area contributed by atoms with E-state index in [2.05, 4.69) is 9.30 Å². The normalized spacial score (nSPS) is 14.9. The van der Waals surface area contributed by atoms with Crippen LogP contribution in [-0.2, 0) is 27.6 Å². The number of rotatable bonds is 8. The molecule has 0 spiro atoms. The summed E-state index contributed by atoms with van der Waals surface area (Å²) in [6.45, 7) is 4.44. The summed E-state index contributed by atoms with van der Waals surface area (Å²) in [5.41, 5.74) is 2.67. The monoisotopic (exact) mass is 465 g/mol. The van der Waals surface area contributed by atoms with Gasteiger partial charge in [0.1, 0.15) is 11.2 Å². The number of nitrogens with zero attached hydrogens (tertiary/aromatic N) is 3. The van der Waals surface area contributed by atoms with E-state index in [0.29, 0.717) is 37.6 Å². The average molecular weight is 466 g/mol. The summed E-state index contributed by atoms with van der Waals surface area (Å²) < 4.78 is 33.8. The highest BCUT2D eigenvalue weighted by Gasteiger charge is 2.27. The summed E-state index contributed by atoms with van der Waals surface area (Å²) in [7, 11) is -0.360. The SMILES string of the molecule is CCc1sc(C(=O)O)c(N2CCOCC2)c1Cc1ccc(S(=O)(=O)N=CN(C)C)cc1. The number of carbonyl (C=O) groups is 1. The molecule has 1 aromatic carbocycles. The van der Waals surface area contributed by atoms with Gasteiger partial charge in [-0.15, -0.1) is 15.7 Å². The van der Waals surface area contributed by atoms with E-state index in [9.17, 15) is 18.3 Å². The lowest BCUT2D eigenvalue weighted by Gasteiger charge is -2.30. The topological polar surface area (TPSA) is 99.5 Å². The quantitative estimate of drug-likeness (QED) is 0.473. The van der Waals surface area contributed by atoms with Gasteiger partial charge in [-0.3, -0.25) is 0 Å². The predicted octanol–water partition coefficient (Wildman–Crippen LogP) is 2.71. The molecule has 1 aliphatic heterocycles. The highest BCUT2D eigenvalue weighted by atomic mass is 32.2. The number of thiophene rings is 1. The molecule has 0 aliphatic carbocycles. The van der Waals surface area contributed by atoms with Gasteiger partial charge in [0, 0.05) is 38.5 Å². The van der Waals surface area contributed by atoms with Gasteiger partial charge in [-0.25, -0.2) is 4.79 Å². The van der Waals surface area contributed by atoms with Crippen LogP contribution in [0, 0.1) is 0 Å². The standard InChI is InChI=1S/C21H27N3O5S2/c1-4-18-17(19(20(30-18)21(25)26)24-9-11-29-12-10-24)13-15-5-7-16(8-6-15)31(27,28)22-14-23(2)3/h5-8,14H,4,9-13H2,1-3H3,(H,25,26). The van der Waals surface area contributed by atoms with Crippen molar-refractivity contribution in [1.29, 1.82) is 0 Å². The van der Waals surface area contributed by atoms with Crippen molar-refractivity contribution < 1.29 is 23.1 Å². The number of sulfonamides is 1. The van der Waals surface area contributed by atoms with Crippen molar-refractivity contribution in [2.75, 3.05) is 45.3 Å². The Bertz CT molecular complexity index is 1050. The summed E-state index contributed by atoms with van der Waals surface area (Å²) >= 11 is 1.32. The molecule has 0 bridgehead atoms. The highest BCUT2D eigenvalue weighted by molar-refractivity contribution is 7.90. The van der Waals surface area contributed by atoms with E-state index in [1.165, 1.54) is 17.7 Å². The zero-order chi connectivity index (χ0) is 22.6. The van der Waals surface area contributed by atoms with Crippen LogP contribution in [-0.4, -0.2) is 71.1 Å². The smallest absolute Gasteiger partial charge is 0.348 e. The molecule has 2 heterocycles.